The average molecular weight is 669 g/mol. The van der Waals surface area contributed by atoms with E-state index in [-0.39, 0.29) is 54.8 Å². The van der Waals surface area contributed by atoms with Crippen molar-refractivity contribution in [2.75, 3.05) is 51.3 Å². The fraction of sp³-hybridized carbons (Fsp3) is 0.286. The predicted molar refractivity (Wildman–Crippen MR) is 179 cm³/mol. The number of benzene rings is 2. The van der Waals surface area contributed by atoms with Crippen LogP contribution in [-0.2, 0) is 11.3 Å². The Morgan fingerprint density at radius 3 is 2.57 bits per heavy atom. The molecule has 1 saturated heterocycles. The molecule has 2 aliphatic heterocycles. The van der Waals surface area contributed by atoms with Gasteiger partial charge in [-0.05, 0) is 35.8 Å². The smallest absolute Gasteiger partial charge is 0.270 e. The third kappa shape index (κ3) is 6.28. The van der Waals surface area contributed by atoms with Crippen molar-refractivity contribution in [3.8, 4) is 16.9 Å². The molecule has 0 radical (unpaired) electrons. The number of fused-ring (bicyclic) bond motifs is 1. The van der Waals surface area contributed by atoms with E-state index in [1.54, 1.807) is 51.0 Å². The molecule has 1 fully saturated rings. The van der Waals surface area contributed by atoms with Gasteiger partial charge in [-0.3, -0.25) is 19.1 Å². The average Bonchev–Trinajstić information content (AvgIpc) is 3.83. The van der Waals surface area contributed by atoms with Gasteiger partial charge >= 0.3 is 0 Å². The normalized spacial score (nSPS) is 15.1. The lowest BCUT2D eigenvalue weighted by Crippen LogP contribution is -2.49. The van der Waals surface area contributed by atoms with E-state index in [0.717, 1.165) is 11.8 Å². The number of aromatic nitrogens is 5. The Labute approximate surface area is 279 Å². The number of carbonyl (C=O) groups is 2. The first-order chi connectivity index (χ1) is 23.8. The van der Waals surface area contributed by atoms with E-state index in [9.17, 15) is 18.8 Å². The van der Waals surface area contributed by atoms with Gasteiger partial charge in [-0.15, -0.1) is 5.10 Å². The first-order valence-electron chi connectivity index (χ1n) is 16.0. The van der Waals surface area contributed by atoms with Crippen LogP contribution in [0.25, 0.3) is 27.6 Å². The Bertz CT molecular complexity index is 2120. The zero-order valence-electron chi connectivity index (χ0n) is 26.8. The third-order valence-electron chi connectivity index (χ3n) is 9.12. The predicted octanol–water partition coefficient (Wildman–Crippen LogP) is 4.07. The van der Waals surface area contributed by atoms with Crippen LogP contribution >= 0.6 is 0 Å². The second-order valence-electron chi connectivity index (χ2n) is 12.0. The Morgan fingerprint density at radius 1 is 0.980 bits per heavy atom. The summed E-state index contributed by atoms with van der Waals surface area (Å²) in [6.45, 7) is 2.34. The lowest BCUT2D eigenvalue weighted by molar-refractivity contribution is -0.131. The number of H-pyrrole nitrogens is 2. The molecule has 2 N–H and O–H groups in total. The number of hydrogen-bond acceptors (Lipinski definition) is 7. The number of nitrogens with one attached hydrogen (secondary N) is 2. The molecule has 2 aromatic carbocycles. The number of hydrogen-bond donors (Lipinski definition) is 2. The van der Waals surface area contributed by atoms with Crippen molar-refractivity contribution in [1.82, 2.24) is 34.8 Å². The Balaban J connectivity index is 1.19. The van der Waals surface area contributed by atoms with Gasteiger partial charge in [0.25, 0.3) is 5.91 Å². The molecule has 0 saturated carbocycles. The monoisotopic (exact) mass is 668 g/mol. The fourth-order valence-corrected chi connectivity index (χ4v) is 6.58. The summed E-state index contributed by atoms with van der Waals surface area (Å²) in [7, 11) is 1.57. The molecule has 7 rings (SSSR count). The van der Waals surface area contributed by atoms with Crippen molar-refractivity contribution in [1.29, 1.82) is 0 Å². The van der Waals surface area contributed by atoms with E-state index < -0.39 is 17.2 Å². The molecular formula is C35H34F2N8O4. The SMILES string of the molecule is COc1ccccc1-c1cc(C2=CCCN(C(=O)CCn3ccnn3)C2)c(F)c2[nH]c(C(=O)N3CCN(c4cc(=O)[nH]cc4F)CC3)cc12. The highest BCUT2D eigenvalue weighted by molar-refractivity contribution is 6.05. The molecule has 0 atom stereocenters. The van der Waals surface area contributed by atoms with E-state index in [1.165, 1.54) is 6.07 Å². The first-order valence-corrected chi connectivity index (χ1v) is 16.0. The van der Waals surface area contributed by atoms with Gasteiger partial charge in [-0.1, -0.05) is 29.5 Å². The molecular weight excluding hydrogens is 634 g/mol. The van der Waals surface area contributed by atoms with Crippen LogP contribution in [-0.4, -0.2) is 93.0 Å². The summed E-state index contributed by atoms with van der Waals surface area (Å²) in [6.07, 6.45) is 7.04. The minimum absolute atomic E-state index is 0.0674. The number of aryl methyl sites for hydroxylation is 1. The van der Waals surface area contributed by atoms with Gasteiger partial charge in [-0.25, -0.2) is 8.78 Å². The van der Waals surface area contributed by atoms with E-state index in [4.69, 9.17) is 4.74 Å². The molecule has 12 nitrogen and oxygen atoms in total. The van der Waals surface area contributed by atoms with Gasteiger partial charge in [0.2, 0.25) is 11.5 Å². The number of para-hydroxylation sites is 1. The molecule has 252 valence electrons. The van der Waals surface area contributed by atoms with E-state index >= 15 is 4.39 Å². The first kappa shape index (κ1) is 31.8. The topological polar surface area (TPSA) is 132 Å². The van der Waals surface area contributed by atoms with E-state index in [0.29, 0.717) is 60.4 Å². The fourth-order valence-electron chi connectivity index (χ4n) is 6.58. The molecule has 0 spiro atoms. The van der Waals surface area contributed by atoms with Crippen LogP contribution in [0.15, 0.2) is 71.9 Å². The maximum Gasteiger partial charge on any atom is 0.270 e. The molecule has 2 aliphatic rings. The number of piperazine rings is 1. The van der Waals surface area contributed by atoms with E-state index in [1.807, 2.05) is 30.3 Å². The Hall–Kier alpha value is -5.79. The van der Waals surface area contributed by atoms with Crippen molar-refractivity contribution in [2.45, 2.75) is 19.4 Å². The van der Waals surface area contributed by atoms with Crippen LogP contribution in [0.2, 0.25) is 0 Å². The van der Waals surface area contributed by atoms with Crippen molar-refractivity contribution < 1.29 is 23.1 Å². The number of methoxy groups -OCH3 is 1. The van der Waals surface area contributed by atoms with Gasteiger partial charge in [0, 0.05) is 80.7 Å². The molecule has 0 bridgehead atoms. The third-order valence-corrected chi connectivity index (χ3v) is 9.12. The number of nitrogens with zero attached hydrogens (tertiary/aromatic N) is 6. The molecule has 0 aliphatic carbocycles. The highest BCUT2D eigenvalue weighted by atomic mass is 19.1. The summed E-state index contributed by atoms with van der Waals surface area (Å²) in [6, 6.07) is 12.0. The number of pyridine rings is 1. The van der Waals surface area contributed by atoms with Crippen LogP contribution < -0.4 is 15.2 Å². The molecule has 3 aromatic heterocycles. The summed E-state index contributed by atoms with van der Waals surface area (Å²) >= 11 is 0. The molecule has 0 unspecified atom stereocenters. The number of anilines is 1. The van der Waals surface area contributed by atoms with Crippen LogP contribution in [0, 0.1) is 11.6 Å². The van der Waals surface area contributed by atoms with Crippen molar-refractivity contribution >= 4 is 34.0 Å². The van der Waals surface area contributed by atoms with Gasteiger partial charge < -0.3 is 29.4 Å². The molecule has 49 heavy (non-hydrogen) atoms. The zero-order chi connectivity index (χ0) is 34.1. The quantitative estimate of drug-likeness (QED) is 0.255. The second-order valence-corrected chi connectivity index (χ2v) is 12.0. The highest BCUT2D eigenvalue weighted by Crippen LogP contribution is 2.40. The van der Waals surface area contributed by atoms with Crippen molar-refractivity contribution in [3.63, 3.8) is 0 Å². The lowest BCUT2D eigenvalue weighted by atomic mass is 9.93. The number of halogens is 2. The Kier molecular flexibility index (Phi) is 8.68. The summed E-state index contributed by atoms with van der Waals surface area (Å²) in [4.78, 5) is 49.2. The van der Waals surface area contributed by atoms with Crippen LogP contribution in [0.4, 0.5) is 14.5 Å². The van der Waals surface area contributed by atoms with Crippen LogP contribution in [0.1, 0.15) is 28.9 Å². The maximum absolute atomic E-state index is 16.6. The number of amides is 2. The zero-order valence-corrected chi connectivity index (χ0v) is 26.8. The Morgan fingerprint density at radius 2 is 1.80 bits per heavy atom. The second kappa shape index (κ2) is 13.4. The summed E-state index contributed by atoms with van der Waals surface area (Å²) in [5.41, 5.74) is 2.54. The van der Waals surface area contributed by atoms with E-state index in [2.05, 4.69) is 20.3 Å². The standard InChI is InChI=1S/C35H34F2N8O4/c1-49-30-7-3-2-6-23(30)25-17-24(22-5-4-10-44(21-22)32(47)8-11-45-12-9-39-41-45)33(37)34-26(25)18-28(40-34)35(48)43-15-13-42(14-16-43)29-19-31(46)38-20-27(29)36/h2-3,5-7,9,12,17-20,40H,4,8,10-11,13-16,21H2,1H3,(H,38,46). The molecule has 14 heteroatoms. The van der Waals surface area contributed by atoms with Crippen molar-refractivity contribution in [2.24, 2.45) is 0 Å². The van der Waals surface area contributed by atoms with Crippen molar-refractivity contribution in [3.05, 3.63) is 100 Å². The highest BCUT2D eigenvalue weighted by Gasteiger charge is 2.28. The van der Waals surface area contributed by atoms with Gasteiger partial charge in [0.05, 0.1) is 31.1 Å². The van der Waals surface area contributed by atoms with Gasteiger partial charge in [-0.2, -0.15) is 0 Å². The number of aromatic amines is 2. The molecule has 2 amide bonds. The van der Waals surface area contributed by atoms with Gasteiger partial charge in [0.15, 0.2) is 11.6 Å². The number of rotatable bonds is 8. The summed E-state index contributed by atoms with van der Waals surface area (Å²) in [5, 5.41) is 8.21. The molecule has 5 heterocycles. The largest absolute Gasteiger partial charge is 0.496 e. The number of carbonyl (C=O) groups excluding carboxylic acids is 2. The minimum Gasteiger partial charge on any atom is -0.496 e. The maximum atomic E-state index is 16.6. The number of ether oxygens (including phenoxy) is 1. The minimum atomic E-state index is -0.544. The summed E-state index contributed by atoms with van der Waals surface area (Å²) in [5.74, 6) is -0.874. The summed E-state index contributed by atoms with van der Waals surface area (Å²) < 4.78 is 38.3. The lowest BCUT2D eigenvalue weighted by Gasteiger charge is -2.35. The van der Waals surface area contributed by atoms with Crippen LogP contribution in [0.3, 0.4) is 0 Å². The van der Waals surface area contributed by atoms with Crippen LogP contribution in [0.5, 0.6) is 5.75 Å². The molecule has 5 aromatic rings. The van der Waals surface area contributed by atoms with Gasteiger partial charge in [0.1, 0.15) is 11.4 Å².